The highest BCUT2D eigenvalue weighted by Gasteiger charge is 2.10. The fourth-order valence-electron chi connectivity index (χ4n) is 1.78. The molecule has 0 aliphatic rings. The Balaban J connectivity index is 2.82. The summed E-state index contributed by atoms with van der Waals surface area (Å²) in [5, 5.41) is 5.59. The lowest BCUT2D eigenvalue weighted by atomic mass is 10.1. The number of aromatic nitrogens is 2. The first-order valence-corrected chi connectivity index (χ1v) is 4.76. The van der Waals surface area contributed by atoms with E-state index in [1.54, 1.807) is 7.11 Å². The molecule has 3 heteroatoms. The zero-order chi connectivity index (χ0) is 10.1. The molecule has 0 bridgehead atoms. The summed E-state index contributed by atoms with van der Waals surface area (Å²) in [7, 11) is 3.65. The third-order valence-corrected chi connectivity index (χ3v) is 2.47. The highest BCUT2D eigenvalue weighted by Crippen LogP contribution is 2.28. The summed E-state index contributed by atoms with van der Waals surface area (Å²) in [6.45, 7) is 2.11. The monoisotopic (exact) mass is 190 g/mol. The van der Waals surface area contributed by atoms with E-state index in [4.69, 9.17) is 4.74 Å². The van der Waals surface area contributed by atoms with Crippen LogP contribution in [0.15, 0.2) is 18.2 Å². The summed E-state index contributed by atoms with van der Waals surface area (Å²) in [6.07, 6.45) is 0.928. The van der Waals surface area contributed by atoms with Crippen LogP contribution < -0.4 is 4.74 Å². The van der Waals surface area contributed by atoms with Crippen molar-refractivity contribution in [1.82, 2.24) is 9.78 Å². The number of hydrogen-bond acceptors (Lipinski definition) is 2. The summed E-state index contributed by atoms with van der Waals surface area (Å²) in [5.74, 6) is 0.910. The molecular formula is C11H14N2O. The maximum atomic E-state index is 5.33. The first kappa shape index (κ1) is 9.06. The van der Waals surface area contributed by atoms with Crippen LogP contribution >= 0.6 is 0 Å². The molecule has 0 saturated heterocycles. The van der Waals surface area contributed by atoms with Gasteiger partial charge in [0.05, 0.1) is 23.7 Å². The van der Waals surface area contributed by atoms with Gasteiger partial charge in [0.2, 0.25) is 0 Å². The third kappa shape index (κ3) is 1.16. The van der Waals surface area contributed by atoms with E-state index in [1.807, 2.05) is 23.9 Å². The van der Waals surface area contributed by atoms with Crippen LogP contribution in [-0.4, -0.2) is 16.9 Å². The molecule has 3 nitrogen and oxygen atoms in total. The van der Waals surface area contributed by atoms with Crippen molar-refractivity contribution in [2.45, 2.75) is 13.3 Å². The fraction of sp³-hybridized carbons (Fsp3) is 0.364. The molecule has 0 unspecified atom stereocenters. The lowest BCUT2D eigenvalue weighted by molar-refractivity contribution is 0.419. The molecule has 1 aromatic carbocycles. The van der Waals surface area contributed by atoms with Crippen LogP contribution in [0.25, 0.3) is 10.9 Å². The Morgan fingerprint density at radius 2 is 2.21 bits per heavy atom. The first-order valence-electron chi connectivity index (χ1n) is 4.76. The van der Waals surface area contributed by atoms with E-state index in [9.17, 15) is 0 Å². The van der Waals surface area contributed by atoms with Gasteiger partial charge in [-0.05, 0) is 18.6 Å². The van der Waals surface area contributed by atoms with E-state index in [-0.39, 0.29) is 0 Å². The number of fused-ring (bicyclic) bond motifs is 1. The number of ether oxygens (including phenoxy) is 1. The van der Waals surface area contributed by atoms with Crippen LogP contribution in [0.5, 0.6) is 5.75 Å². The second kappa shape index (κ2) is 3.33. The average Bonchev–Trinajstić information content (AvgIpc) is 2.56. The van der Waals surface area contributed by atoms with E-state index in [1.165, 1.54) is 0 Å². The molecule has 0 amide bonds. The Morgan fingerprint density at radius 1 is 1.43 bits per heavy atom. The second-order valence-electron chi connectivity index (χ2n) is 3.28. The van der Waals surface area contributed by atoms with Gasteiger partial charge < -0.3 is 4.74 Å². The molecule has 0 radical (unpaired) electrons. The van der Waals surface area contributed by atoms with Crippen LogP contribution in [0.1, 0.15) is 12.6 Å². The molecule has 0 atom stereocenters. The van der Waals surface area contributed by atoms with Gasteiger partial charge in [0.1, 0.15) is 5.75 Å². The predicted molar refractivity (Wildman–Crippen MR) is 56.6 cm³/mol. The van der Waals surface area contributed by atoms with E-state index in [0.29, 0.717) is 0 Å². The van der Waals surface area contributed by atoms with Gasteiger partial charge in [0, 0.05) is 7.05 Å². The summed E-state index contributed by atoms with van der Waals surface area (Å²) in [4.78, 5) is 0. The minimum absolute atomic E-state index is 0.910. The van der Waals surface area contributed by atoms with E-state index < -0.39 is 0 Å². The predicted octanol–water partition coefficient (Wildman–Crippen LogP) is 2.14. The third-order valence-electron chi connectivity index (χ3n) is 2.47. The second-order valence-corrected chi connectivity index (χ2v) is 3.28. The van der Waals surface area contributed by atoms with E-state index >= 15 is 0 Å². The van der Waals surface area contributed by atoms with Crippen LogP contribution in [0.3, 0.4) is 0 Å². The Kier molecular flexibility index (Phi) is 2.15. The summed E-state index contributed by atoms with van der Waals surface area (Å²) in [6, 6.07) is 6.02. The van der Waals surface area contributed by atoms with Crippen LogP contribution in [0.2, 0.25) is 0 Å². The molecule has 0 N–H and O–H groups in total. The molecule has 2 rings (SSSR count). The summed E-state index contributed by atoms with van der Waals surface area (Å²) in [5.41, 5.74) is 2.22. The number of aryl methyl sites for hydroxylation is 2. The van der Waals surface area contributed by atoms with Crippen molar-refractivity contribution in [3.63, 3.8) is 0 Å². The number of hydrogen-bond donors (Lipinski definition) is 0. The SMILES string of the molecule is CCc1nn(C)c2cccc(OC)c12. The molecule has 1 aromatic heterocycles. The van der Waals surface area contributed by atoms with Gasteiger partial charge in [0.15, 0.2) is 0 Å². The van der Waals surface area contributed by atoms with Gasteiger partial charge in [-0.1, -0.05) is 13.0 Å². The van der Waals surface area contributed by atoms with E-state index in [2.05, 4.69) is 18.1 Å². The average molecular weight is 190 g/mol. The molecule has 0 fully saturated rings. The zero-order valence-corrected chi connectivity index (χ0v) is 8.74. The lowest BCUT2D eigenvalue weighted by Gasteiger charge is -2.01. The minimum atomic E-state index is 0.910. The van der Waals surface area contributed by atoms with Crippen molar-refractivity contribution in [2.24, 2.45) is 7.05 Å². The maximum absolute atomic E-state index is 5.33. The molecule has 0 aliphatic carbocycles. The van der Waals surface area contributed by atoms with Crippen LogP contribution in [-0.2, 0) is 13.5 Å². The Bertz CT molecular complexity index is 460. The molecule has 74 valence electrons. The molecule has 1 heterocycles. The highest BCUT2D eigenvalue weighted by molar-refractivity contribution is 5.88. The van der Waals surface area contributed by atoms with Crippen LogP contribution in [0.4, 0.5) is 0 Å². The van der Waals surface area contributed by atoms with E-state index in [0.717, 1.165) is 28.8 Å². The van der Waals surface area contributed by atoms with Crippen molar-refractivity contribution < 1.29 is 4.74 Å². The zero-order valence-electron chi connectivity index (χ0n) is 8.74. The number of benzene rings is 1. The maximum Gasteiger partial charge on any atom is 0.130 e. The van der Waals surface area contributed by atoms with Crippen molar-refractivity contribution in [1.29, 1.82) is 0 Å². The number of nitrogens with zero attached hydrogens (tertiary/aromatic N) is 2. The van der Waals surface area contributed by atoms with Crippen LogP contribution in [0, 0.1) is 0 Å². The van der Waals surface area contributed by atoms with Gasteiger partial charge in [-0.2, -0.15) is 5.10 Å². The Morgan fingerprint density at radius 3 is 2.86 bits per heavy atom. The Hall–Kier alpha value is -1.51. The van der Waals surface area contributed by atoms with Gasteiger partial charge in [-0.3, -0.25) is 4.68 Å². The van der Waals surface area contributed by atoms with Gasteiger partial charge in [-0.25, -0.2) is 0 Å². The molecule has 14 heavy (non-hydrogen) atoms. The quantitative estimate of drug-likeness (QED) is 0.725. The lowest BCUT2D eigenvalue weighted by Crippen LogP contribution is -1.90. The normalized spacial score (nSPS) is 10.8. The van der Waals surface area contributed by atoms with Crippen molar-refractivity contribution >= 4 is 10.9 Å². The van der Waals surface area contributed by atoms with Gasteiger partial charge in [0.25, 0.3) is 0 Å². The highest BCUT2D eigenvalue weighted by atomic mass is 16.5. The molecule has 0 aliphatic heterocycles. The standard InChI is InChI=1S/C11H14N2O/c1-4-8-11-9(13(2)12-8)6-5-7-10(11)14-3/h5-7H,4H2,1-3H3. The van der Waals surface area contributed by atoms with Gasteiger partial charge >= 0.3 is 0 Å². The van der Waals surface area contributed by atoms with Gasteiger partial charge in [-0.15, -0.1) is 0 Å². The smallest absolute Gasteiger partial charge is 0.130 e. The Labute approximate surface area is 83.3 Å². The summed E-state index contributed by atoms with van der Waals surface area (Å²) < 4.78 is 7.23. The molecule has 0 saturated carbocycles. The molecular weight excluding hydrogens is 176 g/mol. The summed E-state index contributed by atoms with van der Waals surface area (Å²) >= 11 is 0. The molecule has 0 spiro atoms. The number of rotatable bonds is 2. The number of methoxy groups -OCH3 is 1. The topological polar surface area (TPSA) is 27.1 Å². The molecule has 2 aromatic rings. The largest absolute Gasteiger partial charge is 0.496 e. The first-order chi connectivity index (χ1) is 6.77. The minimum Gasteiger partial charge on any atom is -0.496 e. The van der Waals surface area contributed by atoms with Crippen molar-refractivity contribution in [2.75, 3.05) is 7.11 Å². The van der Waals surface area contributed by atoms with Crippen molar-refractivity contribution in [3.05, 3.63) is 23.9 Å². The van der Waals surface area contributed by atoms with Crippen molar-refractivity contribution in [3.8, 4) is 5.75 Å². The fourth-order valence-corrected chi connectivity index (χ4v) is 1.78.